The van der Waals surface area contributed by atoms with Crippen LogP contribution in [0.2, 0.25) is 0 Å². The van der Waals surface area contributed by atoms with Crippen LogP contribution in [0.1, 0.15) is 11.1 Å². The van der Waals surface area contributed by atoms with Gasteiger partial charge in [0.15, 0.2) is 17.3 Å². The first-order valence-electron chi connectivity index (χ1n) is 8.83. The van der Waals surface area contributed by atoms with E-state index < -0.39 is 0 Å². The second kappa shape index (κ2) is 7.56. The Morgan fingerprint density at radius 3 is 2.31 bits per heavy atom. The molecule has 148 valence electrons. The number of nitrogens with zero attached hydrogens (tertiary/aromatic N) is 3. The Labute approximate surface area is 170 Å². The molecule has 0 bridgehead atoms. The molecule has 0 fully saturated rings. The predicted molar refractivity (Wildman–Crippen MR) is 112 cm³/mol. The number of ether oxygens (including phenoxy) is 3. The van der Waals surface area contributed by atoms with Crippen LogP contribution in [0, 0.1) is 6.92 Å². The molecule has 7 nitrogen and oxygen atoms in total. The van der Waals surface area contributed by atoms with E-state index in [9.17, 15) is 4.79 Å². The van der Waals surface area contributed by atoms with Crippen molar-refractivity contribution in [1.29, 1.82) is 0 Å². The van der Waals surface area contributed by atoms with E-state index in [1.807, 2.05) is 31.2 Å². The zero-order valence-corrected chi connectivity index (χ0v) is 17.2. The van der Waals surface area contributed by atoms with Crippen molar-refractivity contribution in [2.24, 2.45) is 0 Å². The maximum atomic E-state index is 13.1. The summed E-state index contributed by atoms with van der Waals surface area (Å²) in [4.78, 5) is 13.7. The molecule has 0 N–H and O–H groups in total. The van der Waals surface area contributed by atoms with Gasteiger partial charge in [-0.05, 0) is 36.3 Å². The van der Waals surface area contributed by atoms with E-state index in [1.54, 1.807) is 43.9 Å². The maximum absolute atomic E-state index is 13.1. The summed E-state index contributed by atoms with van der Waals surface area (Å²) in [5, 5.41) is 8.42. The molecule has 0 atom stereocenters. The summed E-state index contributed by atoms with van der Waals surface area (Å²) in [6, 6.07) is 11.4. The average Bonchev–Trinajstić information content (AvgIpc) is 3.28. The smallest absolute Gasteiger partial charge is 0.276 e. The fourth-order valence-electron chi connectivity index (χ4n) is 3.20. The summed E-state index contributed by atoms with van der Waals surface area (Å²) in [7, 11) is 4.66. The minimum atomic E-state index is -0.165. The summed E-state index contributed by atoms with van der Waals surface area (Å²) in [5.74, 6) is 2.09. The Morgan fingerprint density at radius 1 is 1.00 bits per heavy atom. The molecule has 0 radical (unpaired) electrons. The third-order valence-corrected chi connectivity index (χ3v) is 5.58. The first-order valence-corrected chi connectivity index (χ1v) is 9.64. The summed E-state index contributed by atoms with van der Waals surface area (Å²) < 4.78 is 18.2. The molecule has 0 aliphatic rings. The van der Waals surface area contributed by atoms with Crippen LogP contribution < -0.4 is 24.3 Å². The zero-order valence-electron chi connectivity index (χ0n) is 16.4. The van der Waals surface area contributed by atoms with Gasteiger partial charge in [-0.1, -0.05) is 35.6 Å². The van der Waals surface area contributed by atoms with E-state index >= 15 is 0 Å². The fourth-order valence-corrected chi connectivity index (χ4v) is 4.11. The Hall–Kier alpha value is -3.39. The molecule has 0 unspecified atom stereocenters. The van der Waals surface area contributed by atoms with Gasteiger partial charge in [0.2, 0.25) is 10.7 Å². The van der Waals surface area contributed by atoms with Crippen molar-refractivity contribution in [3.05, 3.63) is 62.4 Å². The van der Waals surface area contributed by atoms with E-state index in [2.05, 4.69) is 10.2 Å². The molecular formula is C21H19N3O4S. The summed E-state index contributed by atoms with van der Waals surface area (Å²) in [6.07, 6.45) is 1.79. The van der Waals surface area contributed by atoms with E-state index in [1.165, 1.54) is 11.3 Å². The summed E-state index contributed by atoms with van der Waals surface area (Å²) >= 11 is 1.29. The molecule has 2 aromatic heterocycles. The Balaban J connectivity index is 1.90. The summed E-state index contributed by atoms with van der Waals surface area (Å²) in [5.41, 5.74) is 2.50. The number of fused-ring (bicyclic) bond motifs is 1. The Bertz CT molecular complexity index is 1280. The molecule has 0 aliphatic heterocycles. The van der Waals surface area contributed by atoms with Crippen molar-refractivity contribution in [3.63, 3.8) is 0 Å². The number of thiazole rings is 1. The quantitative estimate of drug-likeness (QED) is 0.505. The van der Waals surface area contributed by atoms with Crippen LogP contribution in [0.4, 0.5) is 0 Å². The van der Waals surface area contributed by atoms with E-state index in [4.69, 9.17) is 14.2 Å². The SMILES string of the molecule is COc1cc(C=c2sc3nnc(-c4ccccc4C)n3c2=O)cc(OC)c1OC. The van der Waals surface area contributed by atoms with Crippen LogP contribution in [0.15, 0.2) is 41.2 Å². The molecule has 0 spiro atoms. The van der Waals surface area contributed by atoms with Gasteiger partial charge in [0.1, 0.15) is 0 Å². The Morgan fingerprint density at radius 2 is 1.69 bits per heavy atom. The molecule has 0 saturated carbocycles. The molecule has 0 aliphatic carbocycles. The lowest BCUT2D eigenvalue weighted by molar-refractivity contribution is 0.324. The number of aryl methyl sites for hydroxylation is 1. The highest BCUT2D eigenvalue weighted by atomic mass is 32.1. The molecule has 0 amide bonds. The monoisotopic (exact) mass is 409 g/mol. The van der Waals surface area contributed by atoms with E-state index in [-0.39, 0.29) is 5.56 Å². The van der Waals surface area contributed by atoms with Gasteiger partial charge in [-0.25, -0.2) is 4.40 Å². The topological polar surface area (TPSA) is 75.0 Å². The Kier molecular flexibility index (Phi) is 4.94. The third-order valence-electron chi connectivity index (χ3n) is 4.62. The van der Waals surface area contributed by atoms with Crippen LogP contribution in [-0.2, 0) is 0 Å². The highest BCUT2D eigenvalue weighted by Crippen LogP contribution is 2.38. The number of hydrogen-bond donors (Lipinski definition) is 0. The van der Waals surface area contributed by atoms with Crippen LogP contribution in [0.3, 0.4) is 0 Å². The van der Waals surface area contributed by atoms with Gasteiger partial charge in [-0.2, -0.15) is 0 Å². The van der Waals surface area contributed by atoms with Crippen LogP contribution >= 0.6 is 11.3 Å². The lowest BCUT2D eigenvalue weighted by atomic mass is 10.1. The largest absolute Gasteiger partial charge is 0.493 e. The number of aromatic nitrogens is 3. The maximum Gasteiger partial charge on any atom is 0.276 e. The fraction of sp³-hybridized carbons (Fsp3) is 0.190. The molecule has 8 heteroatoms. The first kappa shape index (κ1) is 18.9. The molecule has 4 rings (SSSR count). The van der Waals surface area contributed by atoms with Crippen LogP contribution in [-0.4, -0.2) is 35.9 Å². The first-order chi connectivity index (χ1) is 14.1. The minimum Gasteiger partial charge on any atom is -0.493 e. The number of rotatable bonds is 5. The van der Waals surface area contributed by atoms with Crippen molar-refractivity contribution in [1.82, 2.24) is 14.6 Å². The average molecular weight is 409 g/mol. The number of benzene rings is 2. The molecular weight excluding hydrogens is 390 g/mol. The molecule has 2 aromatic carbocycles. The van der Waals surface area contributed by atoms with E-state index in [0.29, 0.717) is 32.6 Å². The minimum absolute atomic E-state index is 0.165. The lowest BCUT2D eigenvalue weighted by Gasteiger charge is -2.12. The van der Waals surface area contributed by atoms with Gasteiger partial charge >= 0.3 is 0 Å². The van der Waals surface area contributed by atoms with Gasteiger partial charge in [0, 0.05) is 5.56 Å². The number of hydrogen-bond acceptors (Lipinski definition) is 7. The lowest BCUT2D eigenvalue weighted by Crippen LogP contribution is -2.23. The van der Waals surface area contributed by atoms with E-state index in [0.717, 1.165) is 16.7 Å². The van der Waals surface area contributed by atoms with Crippen molar-refractivity contribution >= 4 is 22.4 Å². The summed E-state index contributed by atoms with van der Waals surface area (Å²) in [6.45, 7) is 1.98. The van der Waals surface area contributed by atoms with Crippen LogP contribution in [0.5, 0.6) is 17.2 Å². The molecule has 0 saturated heterocycles. The van der Waals surface area contributed by atoms with Crippen molar-refractivity contribution in [2.45, 2.75) is 6.92 Å². The zero-order chi connectivity index (χ0) is 20.5. The van der Waals surface area contributed by atoms with Gasteiger partial charge in [0.25, 0.3) is 5.56 Å². The third kappa shape index (κ3) is 3.21. The highest BCUT2D eigenvalue weighted by Gasteiger charge is 2.16. The van der Waals surface area contributed by atoms with Crippen LogP contribution in [0.25, 0.3) is 22.4 Å². The van der Waals surface area contributed by atoms with Crippen molar-refractivity contribution < 1.29 is 14.2 Å². The molecule has 2 heterocycles. The molecule has 4 aromatic rings. The van der Waals surface area contributed by atoms with Gasteiger partial charge in [0.05, 0.1) is 25.9 Å². The van der Waals surface area contributed by atoms with Gasteiger partial charge < -0.3 is 14.2 Å². The number of methoxy groups -OCH3 is 3. The standard InChI is InChI=1S/C21H19N3O4S/c1-12-7-5-6-8-14(12)19-22-23-21-24(19)20(25)17(29-21)11-13-9-15(26-2)18(28-4)16(10-13)27-3/h5-11H,1-4H3. The second-order valence-electron chi connectivity index (χ2n) is 6.33. The molecule has 29 heavy (non-hydrogen) atoms. The predicted octanol–water partition coefficient (Wildman–Crippen LogP) is 2.70. The van der Waals surface area contributed by atoms with Gasteiger partial charge in [-0.3, -0.25) is 4.79 Å². The normalized spacial score (nSPS) is 11.8. The van der Waals surface area contributed by atoms with Crippen molar-refractivity contribution in [3.8, 4) is 28.6 Å². The van der Waals surface area contributed by atoms with Crippen molar-refractivity contribution in [2.75, 3.05) is 21.3 Å². The van der Waals surface area contributed by atoms with Gasteiger partial charge in [-0.15, -0.1) is 10.2 Å². The second-order valence-corrected chi connectivity index (χ2v) is 7.34. The highest BCUT2D eigenvalue weighted by molar-refractivity contribution is 7.15.